The van der Waals surface area contributed by atoms with Crippen molar-refractivity contribution in [3.8, 4) is 11.3 Å². The summed E-state index contributed by atoms with van der Waals surface area (Å²) in [6, 6.07) is 12.8. The third kappa shape index (κ3) is 4.70. The Bertz CT molecular complexity index is 1010. The van der Waals surface area contributed by atoms with E-state index < -0.39 is 0 Å². The molecule has 3 aromatic rings. The highest BCUT2D eigenvalue weighted by Gasteiger charge is 2.17. The molecule has 8 heteroatoms. The molecule has 1 N–H and O–H groups in total. The van der Waals surface area contributed by atoms with Crippen molar-refractivity contribution in [2.24, 2.45) is 0 Å². The minimum atomic E-state index is -0.222. The Morgan fingerprint density at radius 1 is 1.17 bits per heavy atom. The molecular weight excluding hydrogens is 390 g/mol. The van der Waals surface area contributed by atoms with E-state index in [9.17, 15) is 4.79 Å². The molecule has 148 valence electrons. The number of carbonyl (C=O) groups is 1. The van der Waals surface area contributed by atoms with E-state index in [1.807, 2.05) is 24.3 Å². The van der Waals surface area contributed by atoms with Crippen LogP contribution in [0.5, 0.6) is 0 Å². The number of nitrogens with zero attached hydrogens (tertiary/aromatic N) is 4. The molecule has 1 fully saturated rings. The molecule has 0 unspecified atom stereocenters. The van der Waals surface area contributed by atoms with Gasteiger partial charge in [-0.1, -0.05) is 29.8 Å². The molecule has 3 heterocycles. The van der Waals surface area contributed by atoms with Crippen molar-refractivity contribution in [2.75, 3.05) is 31.2 Å². The highest BCUT2D eigenvalue weighted by Crippen LogP contribution is 2.21. The monoisotopic (exact) mass is 409 g/mol. The molecule has 0 spiro atoms. The molecule has 7 nitrogen and oxygen atoms in total. The van der Waals surface area contributed by atoms with Crippen molar-refractivity contribution < 1.29 is 9.53 Å². The maximum absolute atomic E-state index is 12.7. The standard InChI is InChI=1S/C21H20ClN5O2/c22-18-5-1-3-15(11-18)19-12-17(14-25-26-19)21(28)24-13-16-4-2-6-23-20(16)27-7-9-29-10-8-27/h1-6,11-12,14H,7-10,13H2,(H,24,28). The van der Waals surface area contributed by atoms with Crippen LogP contribution in [0.3, 0.4) is 0 Å². The Labute approximate surface area is 173 Å². The Morgan fingerprint density at radius 2 is 2.03 bits per heavy atom. The number of pyridine rings is 1. The van der Waals surface area contributed by atoms with E-state index in [4.69, 9.17) is 16.3 Å². The van der Waals surface area contributed by atoms with Crippen molar-refractivity contribution >= 4 is 23.3 Å². The van der Waals surface area contributed by atoms with Gasteiger partial charge in [0.2, 0.25) is 0 Å². The van der Waals surface area contributed by atoms with E-state index in [-0.39, 0.29) is 5.91 Å². The third-order valence-electron chi connectivity index (χ3n) is 4.65. The number of hydrogen-bond acceptors (Lipinski definition) is 6. The smallest absolute Gasteiger partial charge is 0.253 e. The molecule has 0 saturated carbocycles. The van der Waals surface area contributed by atoms with Crippen LogP contribution in [-0.2, 0) is 11.3 Å². The number of ether oxygens (including phenoxy) is 1. The van der Waals surface area contributed by atoms with Gasteiger partial charge in [0.05, 0.1) is 30.7 Å². The largest absolute Gasteiger partial charge is 0.378 e. The lowest BCUT2D eigenvalue weighted by Gasteiger charge is -2.29. The van der Waals surface area contributed by atoms with Crippen LogP contribution >= 0.6 is 11.6 Å². The Balaban J connectivity index is 1.48. The Kier molecular flexibility index (Phi) is 5.97. The van der Waals surface area contributed by atoms with E-state index in [1.165, 1.54) is 6.20 Å². The highest BCUT2D eigenvalue weighted by molar-refractivity contribution is 6.30. The summed E-state index contributed by atoms with van der Waals surface area (Å²) < 4.78 is 5.41. The van der Waals surface area contributed by atoms with Gasteiger partial charge in [-0.05, 0) is 24.3 Å². The molecule has 2 aromatic heterocycles. The van der Waals surface area contributed by atoms with Gasteiger partial charge in [0, 0.05) is 42.0 Å². The van der Waals surface area contributed by atoms with Gasteiger partial charge in [0.15, 0.2) is 0 Å². The third-order valence-corrected chi connectivity index (χ3v) is 4.89. The van der Waals surface area contributed by atoms with Gasteiger partial charge >= 0.3 is 0 Å². The summed E-state index contributed by atoms with van der Waals surface area (Å²) in [7, 11) is 0. The maximum atomic E-state index is 12.7. The first-order valence-electron chi connectivity index (χ1n) is 9.34. The fourth-order valence-electron chi connectivity index (χ4n) is 3.19. The van der Waals surface area contributed by atoms with Crippen molar-refractivity contribution in [1.29, 1.82) is 0 Å². The molecule has 0 radical (unpaired) electrons. The first-order valence-corrected chi connectivity index (χ1v) is 9.72. The predicted molar refractivity (Wildman–Crippen MR) is 111 cm³/mol. The molecule has 1 aromatic carbocycles. The van der Waals surface area contributed by atoms with Crippen molar-refractivity contribution in [1.82, 2.24) is 20.5 Å². The minimum Gasteiger partial charge on any atom is -0.378 e. The Morgan fingerprint density at radius 3 is 2.86 bits per heavy atom. The number of anilines is 1. The molecule has 1 saturated heterocycles. The van der Waals surface area contributed by atoms with Gasteiger partial charge < -0.3 is 15.0 Å². The molecule has 1 aliphatic rings. The van der Waals surface area contributed by atoms with Crippen molar-refractivity contribution in [3.05, 3.63) is 71.0 Å². The first-order chi connectivity index (χ1) is 14.2. The zero-order valence-corrected chi connectivity index (χ0v) is 16.5. The lowest BCUT2D eigenvalue weighted by molar-refractivity contribution is 0.0950. The second kappa shape index (κ2) is 8.98. The summed E-state index contributed by atoms with van der Waals surface area (Å²) in [6.45, 7) is 3.30. The van der Waals surface area contributed by atoms with Gasteiger partial charge in [0.25, 0.3) is 5.91 Å². The van der Waals surface area contributed by atoms with Gasteiger partial charge in [-0.15, -0.1) is 0 Å². The lowest BCUT2D eigenvalue weighted by Crippen LogP contribution is -2.37. The number of carbonyl (C=O) groups excluding carboxylic acids is 1. The molecule has 29 heavy (non-hydrogen) atoms. The van der Waals surface area contributed by atoms with Gasteiger partial charge in [-0.2, -0.15) is 10.2 Å². The fourth-order valence-corrected chi connectivity index (χ4v) is 3.38. The Hall–Kier alpha value is -3.03. The molecule has 0 atom stereocenters. The van der Waals surface area contributed by atoms with Crippen LogP contribution in [0.4, 0.5) is 5.82 Å². The van der Waals surface area contributed by atoms with E-state index in [1.54, 1.807) is 24.4 Å². The summed E-state index contributed by atoms with van der Waals surface area (Å²) >= 11 is 6.05. The molecule has 0 bridgehead atoms. The number of halogens is 1. The molecule has 0 aliphatic carbocycles. The lowest BCUT2D eigenvalue weighted by atomic mass is 10.1. The van der Waals surface area contributed by atoms with E-state index in [0.717, 1.165) is 30.0 Å². The fraction of sp³-hybridized carbons (Fsp3) is 0.238. The average Bonchev–Trinajstić information content (AvgIpc) is 2.78. The van der Waals surface area contributed by atoms with Crippen molar-refractivity contribution in [2.45, 2.75) is 6.54 Å². The topological polar surface area (TPSA) is 80.2 Å². The maximum Gasteiger partial charge on any atom is 0.253 e. The second-order valence-corrected chi connectivity index (χ2v) is 7.04. The SMILES string of the molecule is O=C(NCc1cccnc1N1CCOCC1)c1cnnc(-c2cccc(Cl)c2)c1. The van der Waals surface area contributed by atoms with Crippen LogP contribution in [0, 0.1) is 0 Å². The highest BCUT2D eigenvalue weighted by atomic mass is 35.5. The molecule has 4 rings (SSSR count). The van der Waals surface area contributed by atoms with Gasteiger partial charge in [-0.25, -0.2) is 4.98 Å². The van der Waals surface area contributed by atoms with Gasteiger partial charge in [-0.3, -0.25) is 4.79 Å². The van der Waals surface area contributed by atoms with Crippen LogP contribution in [-0.4, -0.2) is 47.4 Å². The van der Waals surface area contributed by atoms with E-state index >= 15 is 0 Å². The van der Waals surface area contributed by atoms with Crippen LogP contribution in [0.2, 0.25) is 5.02 Å². The number of nitrogens with one attached hydrogen (secondary N) is 1. The van der Waals surface area contributed by atoms with Gasteiger partial charge in [0.1, 0.15) is 5.82 Å². The number of rotatable bonds is 5. The minimum absolute atomic E-state index is 0.222. The summed E-state index contributed by atoms with van der Waals surface area (Å²) in [6.07, 6.45) is 3.22. The zero-order chi connectivity index (χ0) is 20.1. The second-order valence-electron chi connectivity index (χ2n) is 6.61. The van der Waals surface area contributed by atoms with Crippen molar-refractivity contribution in [3.63, 3.8) is 0 Å². The molecule has 1 aliphatic heterocycles. The van der Waals surface area contributed by atoms with Crippen LogP contribution in [0.25, 0.3) is 11.3 Å². The average molecular weight is 410 g/mol. The summed E-state index contributed by atoms with van der Waals surface area (Å²) in [5.74, 6) is 0.656. The van der Waals surface area contributed by atoms with E-state index in [2.05, 4.69) is 25.4 Å². The van der Waals surface area contributed by atoms with E-state index in [0.29, 0.717) is 36.0 Å². The quantitative estimate of drug-likeness (QED) is 0.697. The van der Waals surface area contributed by atoms with Crippen LogP contribution in [0.15, 0.2) is 54.9 Å². The number of aromatic nitrogens is 3. The number of morpholine rings is 1. The predicted octanol–water partition coefficient (Wildman–Crippen LogP) is 2.96. The first kappa shape index (κ1) is 19.3. The summed E-state index contributed by atoms with van der Waals surface area (Å²) in [4.78, 5) is 19.4. The molecular formula is C21H20ClN5O2. The normalized spacial score (nSPS) is 13.9. The van der Waals surface area contributed by atoms with Crippen LogP contribution in [0.1, 0.15) is 15.9 Å². The zero-order valence-electron chi connectivity index (χ0n) is 15.7. The van der Waals surface area contributed by atoms with Crippen LogP contribution < -0.4 is 10.2 Å². The summed E-state index contributed by atoms with van der Waals surface area (Å²) in [5, 5.41) is 11.6. The molecule has 1 amide bonds. The summed E-state index contributed by atoms with van der Waals surface area (Å²) in [5.41, 5.74) is 2.80. The number of hydrogen-bond donors (Lipinski definition) is 1. The number of amides is 1. The number of benzene rings is 1.